The van der Waals surface area contributed by atoms with Crippen molar-refractivity contribution in [3.63, 3.8) is 0 Å². The molecule has 0 aliphatic carbocycles. The number of aliphatic hydroxyl groups is 2. The minimum Gasteiger partial charge on any atom is -0.846 e. The van der Waals surface area contributed by atoms with Gasteiger partial charge in [0.1, 0.15) is 29.9 Å². The predicted octanol–water partition coefficient (Wildman–Crippen LogP) is 1.79. The number of nitrogens with zero attached hydrogens (tertiary/aromatic N) is 2. The molecule has 2 unspecified atom stereocenters. The normalized spacial score (nSPS) is 19.7. The van der Waals surface area contributed by atoms with Gasteiger partial charge in [0.15, 0.2) is 6.23 Å². The average molecular weight is 956 g/mol. The molecule has 63 heavy (non-hydrogen) atoms. The molecule has 4 N–H and O–H groups in total. The molecule has 1 aromatic heterocycles. The molecule has 1 saturated heterocycles. The Balaban J connectivity index is 0.0000192. The summed E-state index contributed by atoms with van der Waals surface area (Å²) in [5.74, 6) is -0.548. The fourth-order valence-electron chi connectivity index (χ4n) is 7.13. The van der Waals surface area contributed by atoms with E-state index in [0.717, 1.165) is 61.8 Å². The maximum atomic E-state index is 12.8. The van der Waals surface area contributed by atoms with Gasteiger partial charge in [0.25, 0.3) is 7.82 Å². The van der Waals surface area contributed by atoms with E-state index in [9.17, 15) is 39.0 Å². The minimum absolute atomic E-state index is 0. The molecule has 1 fully saturated rings. The van der Waals surface area contributed by atoms with Gasteiger partial charge < -0.3 is 48.4 Å². The van der Waals surface area contributed by atoms with E-state index in [-0.39, 0.29) is 77.6 Å². The van der Waals surface area contributed by atoms with Gasteiger partial charge in [-0.3, -0.25) is 19.3 Å². The van der Waals surface area contributed by atoms with Crippen molar-refractivity contribution >= 4 is 21.6 Å². The number of unbranched alkanes of at least 4 members (excludes halogenated alkanes) is 23. The van der Waals surface area contributed by atoms with E-state index in [4.69, 9.17) is 28.7 Å². The fraction of sp³-hybridized carbons (Fsp3) is 0.881. The Morgan fingerprint density at radius 3 is 1.75 bits per heavy atom. The van der Waals surface area contributed by atoms with Gasteiger partial charge in [-0.1, -0.05) is 162 Å². The number of nitrogens with one attached hydrogen (secondary N) is 1. The van der Waals surface area contributed by atoms with Crippen molar-refractivity contribution in [1.29, 1.82) is 5.41 Å². The van der Waals surface area contributed by atoms with Crippen molar-refractivity contribution in [3.8, 4) is 6.01 Å². The second kappa shape index (κ2) is 38.1. The number of phosphoric acid groups is 2. The van der Waals surface area contributed by atoms with Gasteiger partial charge >= 0.3 is 72.9 Å². The Labute approximate surface area is 420 Å². The van der Waals surface area contributed by atoms with E-state index in [1.54, 1.807) is 0 Å². The zero-order valence-corrected chi connectivity index (χ0v) is 44.7. The maximum absolute atomic E-state index is 12.8. The van der Waals surface area contributed by atoms with Crippen molar-refractivity contribution in [1.82, 2.24) is 9.55 Å². The van der Waals surface area contributed by atoms with Crippen LogP contribution in [0.25, 0.3) is 0 Å². The van der Waals surface area contributed by atoms with Gasteiger partial charge in [-0.25, -0.2) is 13.9 Å². The van der Waals surface area contributed by atoms with Crippen LogP contribution in [-0.4, -0.2) is 81.5 Å². The van der Waals surface area contributed by atoms with Crippen molar-refractivity contribution in [3.05, 3.63) is 17.8 Å². The molecular weight excluding hydrogens is 878 g/mol. The van der Waals surface area contributed by atoms with Gasteiger partial charge in [0, 0.05) is 19.2 Å². The summed E-state index contributed by atoms with van der Waals surface area (Å²) in [5, 5.41) is 40.4. The number of aromatic nitrogens is 2. The number of esters is 1. The molecule has 0 saturated carbocycles. The molecule has 2 rings (SSSR count). The first-order chi connectivity index (χ1) is 29.3. The van der Waals surface area contributed by atoms with Crippen LogP contribution in [-0.2, 0) is 41.5 Å². The van der Waals surface area contributed by atoms with Crippen LogP contribution < -0.4 is 74.6 Å². The standard InChI is InChI=1S/C42H79N3O14P2.2Na/c1-3-5-7-9-11-13-15-17-18-20-22-24-26-28-38(46)57-35(32-54-31-27-25-23-21-19-16-14-12-10-8-6-4-2)33-55-60(50,51)59-61(52,53)56-34-36-39(47)40(48)41(58-36)45-30-29-37(43)44-42(45)49;;/h29-30,35-36,39-41,47-48H,3-28,31-34H2,1-2H3,(H,50,51)(H,52,53)(H2,43,44,49);;/q;2*+1/p-2/t35-,36-,39-,40+,41-;;/m1../s1. The molecule has 356 valence electrons. The first kappa shape index (κ1) is 63.2. The Morgan fingerprint density at radius 2 is 1.25 bits per heavy atom. The quantitative estimate of drug-likeness (QED) is 0.0318. The van der Waals surface area contributed by atoms with Gasteiger partial charge in [-0.05, 0) is 18.9 Å². The van der Waals surface area contributed by atoms with Crippen molar-refractivity contribution in [2.45, 2.75) is 211 Å². The monoisotopic (exact) mass is 955 g/mol. The largest absolute Gasteiger partial charge is 1.00 e. The van der Waals surface area contributed by atoms with Crippen LogP contribution in [0, 0.1) is 5.41 Å². The number of hydrogen-bond acceptors (Lipinski definition) is 15. The molecule has 1 aromatic rings. The van der Waals surface area contributed by atoms with Crippen molar-refractivity contribution < 1.29 is 126 Å². The molecule has 17 nitrogen and oxygen atoms in total. The summed E-state index contributed by atoms with van der Waals surface area (Å²) in [6, 6.07) is 0.192. The number of ether oxygens (including phenoxy) is 3. The number of rotatable bonds is 39. The van der Waals surface area contributed by atoms with Crippen LogP contribution in [0.15, 0.2) is 12.3 Å². The van der Waals surface area contributed by atoms with Gasteiger partial charge in [0.2, 0.25) is 0 Å². The number of carbonyl (C=O) groups is 1. The van der Waals surface area contributed by atoms with E-state index in [1.807, 2.05) is 0 Å². The van der Waals surface area contributed by atoms with Crippen molar-refractivity contribution in [2.75, 3.05) is 26.4 Å². The first-order valence-electron chi connectivity index (χ1n) is 23.0. The fourth-order valence-corrected chi connectivity index (χ4v) is 9.20. The summed E-state index contributed by atoms with van der Waals surface area (Å²) in [5.41, 5.74) is -0.339. The van der Waals surface area contributed by atoms with E-state index in [2.05, 4.69) is 23.1 Å². The second-order valence-electron chi connectivity index (χ2n) is 16.2. The topological polar surface area (TPSA) is 255 Å². The molecule has 1 aliphatic rings. The molecule has 7 atom stereocenters. The van der Waals surface area contributed by atoms with Gasteiger partial charge in [-0.15, -0.1) is 0 Å². The van der Waals surface area contributed by atoms with Crippen LogP contribution in [0.4, 0.5) is 0 Å². The summed E-state index contributed by atoms with van der Waals surface area (Å²) in [6.45, 7) is 2.95. The smallest absolute Gasteiger partial charge is 0.846 e. The average Bonchev–Trinajstić information content (AvgIpc) is 3.49. The van der Waals surface area contributed by atoms with Gasteiger partial charge in [-0.2, -0.15) is 0 Å². The Morgan fingerprint density at radius 1 is 0.778 bits per heavy atom. The van der Waals surface area contributed by atoms with Crippen LogP contribution >= 0.6 is 15.6 Å². The second-order valence-corrected chi connectivity index (χ2v) is 19.2. The van der Waals surface area contributed by atoms with Crippen LogP contribution in [0.3, 0.4) is 0 Å². The SMILES string of the molecule is CCCCCCCCCCCCCCCC(=O)O[C@H](COCCCCCCCCCCCCCC)COP(=O)([O-])OP(=O)(O)OC[C@H]1O[C@@H](n2ccc(=N)nc2[O-])[C@@H](O)[C@@H]1O.[Na+].[Na+]. The number of aliphatic hydroxyl groups excluding tert-OH is 2. The molecule has 0 radical (unpaired) electrons. The van der Waals surface area contributed by atoms with E-state index >= 15 is 0 Å². The van der Waals surface area contributed by atoms with Crippen LogP contribution in [0.5, 0.6) is 6.01 Å². The maximum Gasteiger partial charge on any atom is 1.00 e. The molecule has 0 aromatic carbocycles. The number of phosphoric ester groups is 2. The first-order valence-corrected chi connectivity index (χ1v) is 26.0. The summed E-state index contributed by atoms with van der Waals surface area (Å²) in [7, 11) is -11.0. The zero-order chi connectivity index (χ0) is 44.8. The summed E-state index contributed by atoms with van der Waals surface area (Å²) in [6.07, 6.45) is 22.9. The van der Waals surface area contributed by atoms with Crippen LogP contribution in [0.2, 0.25) is 0 Å². The number of hydrogen-bond donors (Lipinski definition) is 4. The van der Waals surface area contributed by atoms with E-state index in [1.165, 1.54) is 109 Å². The Bertz CT molecular complexity index is 1470. The van der Waals surface area contributed by atoms with E-state index < -0.39 is 71.5 Å². The molecule has 0 spiro atoms. The third-order valence-electron chi connectivity index (χ3n) is 10.7. The summed E-state index contributed by atoms with van der Waals surface area (Å²) in [4.78, 5) is 39.0. The third kappa shape index (κ3) is 30.4. The molecule has 1 aliphatic heterocycles. The molecule has 2 heterocycles. The molecule has 21 heteroatoms. The molecule has 0 bridgehead atoms. The van der Waals surface area contributed by atoms with Gasteiger partial charge in [0.05, 0.1) is 25.8 Å². The Hall–Kier alpha value is 0.250. The van der Waals surface area contributed by atoms with E-state index in [0.29, 0.717) is 13.0 Å². The number of carbonyl (C=O) groups excluding carboxylic acids is 1. The summed E-state index contributed by atoms with van der Waals surface area (Å²) >= 11 is 0. The van der Waals surface area contributed by atoms with Crippen molar-refractivity contribution in [2.24, 2.45) is 0 Å². The third-order valence-corrected chi connectivity index (χ3v) is 13.3. The Kier molecular flexibility index (Phi) is 38.3. The summed E-state index contributed by atoms with van der Waals surface area (Å²) < 4.78 is 56.7. The zero-order valence-electron chi connectivity index (χ0n) is 38.9. The predicted molar refractivity (Wildman–Crippen MR) is 226 cm³/mol. The van der Waals surface area contributed by atoms with Crippen LogP contribution in [0.1, 0.15) is 187 Å². The molecule has 0 amide bonds. The minimum atomic E-state index is -5.55. The molecular formula is C42H77N3Na2O14P2.